The predicted molar refractivity (Wildman–Crippen MR) is 117 cm³/mol. The number of guanidine groups is 1. The molecule has 0 radical (unpaired) electrons. The predicted octanol–water partition coefficient (Wildman–Crippen LogP) is 3.12. The maximum absolute atomic E-state index is 12.1. The van der Waals surface area contributed by atoms with Gasteiger partial charge in [0.05, 0.1) is 0 Å². The lowest BCUT2D eigenvalue weighted by Gasteiger charge is -2.13. The molecule has 0 aliphatic rings. The minimum absolute atomic E-state index is 0.0307. The van der Waals surface area contributed by atoms with E-state index in [1.54, 1.807) is 19.0 Å². The summed E-state index contributed by atoms with van der Waals surface area (Å²) in [5.74, 6) is 0.874. The molecule has 0 heterocycles. The van der Waals surface area contributed by atoms with E-state index < -0.39 is 0 Å². The van der Waals surface area contributed by atoms with Crippen molar-refractivity contribution in [3.8, 4) is 0 Å². The van der Waals surface area contributed by atoms with Crippen LogP contribution in [0.1, 0.15) is 34.8 Å². The topological polar surface area (TPSA) is 56.7 Å². The monoisotopic (exact) mass is 380 g/mol. The number of carbonyl (C=O) groups is 1. The van der Waals surface area contributed by atoms with Gasteiger partial charge < -0.3 is 15.5 Å². The van der Waals surface area contributed by atoms with Gasteiger partial charge in [-0.2, -0.15) is 0 Å². The summed E-state index contributed by atoms with van der Waals surface area (Å²) in [5.41, 5.74) is 3.21. The summed E-state index contributed by atoms with van der Waals surface area (Å²) < 4.78 is 0. The van der Waals surface area contributed by atoms with Gasteiger partial charge in [0.25, 0.3) is 5.91 Å². The molecule has 0 aromatic heterocycles. The van der Waals surface area contributed by atoms with E-state index in [-0.39, 0.29) is 5.91 Å². The number of aryl methyl sites for hydroxylation is 1. The molecule has 0 saturated heterocycles. The summed E-state index contributed by atoms with van der Waals surface area (Å²) in [4.78, 5) is 18.4. The van der Waals surface area contributed by atoms with Crippen LogP contribution in [0.25, 0.3) is 0 Å². The molecule has 0 fully saturated rings. The molecule has 0 spiro atoms. The van der Waals surface area contributed by atoms with E-state index in [0.29, 0.717) is 0 Å². The molecule has 28 heavy (non-hydrogen) atoms. The SMILES string of the molecule is CCNC(=NCCCc1ccccc1)NCCc1cccc(C(=O)N(C)C)c1. The molecule has 0 atom stereocenters. The fourth-order valence-corrected chi connectivity index (χ4v) is 2.90. The Balaban J connectivity index is 1.80. The standard InChI is InChI=1S/C23H32N4O/c1-4-24-23(25-16-9-13-19-10-6-5-7-11-19)26-17-15-20-12-8-14-21(18-20)22(28)27(2)3/h5-8,10-12,14,18H,4,9,13,15-17H2,1-3H3,(H2,24,25,26). The normalized spacial score (nSPS) is 11.2. The molecule has 0 bridgehead atoms. The van der Waals surface area contributed by atoms with Gasteiger partial charge in [0.15, 0.2) is 5.96 Å². The molecule has 0 saturated carbocycles. The van der Waals surface area contributed by atoms with Gasteiger partial charge in [-0.25, -0.2) is 0 Å². The number of aliphatic imine (C=N–C) groups is 1. The Labute approximate surface area is 168 Å². The van der Waals surface area contributed by atoms with Gasteiger partial charge in [0.1, 0.15) is 0 Å². The molecule has 2 N–H and O–H groups in total. The number of benzene rings is 2. The lowest BCUT2D eigenvalue weighted by Crippen LogP contribution is -2.38. The molecule has 5 heteroatoms. The smallest absolute Gasteiger partial charge is 0.253 e. The number of hydrogen-bond donors (Lipinski definition) is 2. The summed E-state index contributed by atoms with van der Waals surface area (Å²) in [6.07, 6.45) is 2.90. The van der Waals surface area contributed by atoms with Gasteiger partial charge in [-0.3, -0.25) is 9.79 Å². The first-order valence-corrected chi connectivity index (χ1v) is 9.97. The highest BCUT2D eigenvalue weighted by molar-refractivity contribution is 5.94. The maximum atomic E-state index is 12.1. The Morgan fingerprint density at radius 1 is 0.964 bits per heavy atom. The Hall–Kier alpha value is -2.82. The minimum Gasteiger partial charge on any atom is -0.357 e. The molecule has 0 aliphatic heterocycles. The van der Waals surface area contributed by atoms with Crippen molar-refractivity contribution in [2.45, 2.75) is 26.2 Å². The number of hydrogen-bond acceptors (Lipinski definition) is 2. The zero-order valence-electron chi connectivity index (χ0n) is 17.2. The lowest BCUT2D eigenvalue weighted by molar-refractivity contribution is 0.0827. The third-order valence-electron chi connectivity index (χ3n) is 4.37. The molecule has 150 valence electrons. The van der Waals surface area contributed by atoms with Crippen molar-refractivity contribution in [2.24, 2.45) is 4.99 Å². The van der Waals surface area contributed by atoms with Crippen LogP contribution in [0.3, 0.4) is 0 Å². The van der Waals surface area contributed by atoms with Gasteiger partial charge in [-0.15, -0.1) is 0 Å². The number of rotatable bonds is 9. The van der Waals surface area contributed by atoms with Crippen molar-refractivity contribution < 1.29 is 4.79 Å². The molecule has 0 unspecified atom stereocenters. The van der Waals surface area contributed by atoms with Crippen LogP contribution in [0.4, 0.5) is 0 Å². The molecule has 2 rings (SSSR count). The van der Waals surface area contributed by atoms with E-state index in [2.05, 4.69) is 52.9 Å². The number of nitrogens with zero attached hydrogens (tertiary/aromatic N) is 2. The Morgan fingerprint density at radius 3 is 2.43 bits per heavy atom. The van der Waals surface area contributed by atoms with Crippen molar-refractivity contribution in [3.05, 3.63) is 71.3 Å². The van der Waals surface area contributed by atoms with E-state index in [0.717, 1.165) is 56.0 Å². The third kappa shape index (κ3) is 7.43. The van der Waals surface area contributed by atoms with Gasteiger partial charge >= 0.3 is 0 Å². The number of carbonyl (C=O) groups excluding carboxylic acids is 1. The van der Waals surface area contributed by atoms with Crippen LogP contribution in [0.15, 0.2) is 59.6 Å². The molecular formula is C23H32N4O. The third-order valence-corrected chi connectivity index (χ3v) is 4.37. The molecule has 2 aromatic carbocycles. The summed E-state index contributed by atoms with van der Waals surface area (Å²) >= 11 is 0. The Bertz CT molecular complexity index is 756. The average molecular weight is 381 g/mol. The second-order valence-electron chi connectivity index (χ2n) is 6.93. The summed E-state index contributed by atoms with van der Waals surface area (Å²) in [6, 6.07) is 18.3. The number of amides is 1. The number of nitrogens with one attached hydrogen (secondary N) is 2. The lowest BCUT2D eigenvalue weighted by atomic mass is 10.1. The fraction of sp³-hybridized carbons (Fsp3) is 0.391. The molecule has 1 amide bonds. The highest BCUT2D eigenvalue weighted by Crippen LogP contribution is 2.08. The molecular weight excluding hydrogens is 348 g/mol. The fourth-order valence-electron chi connectivity index (χ4n) is 2.90. The van der Waals surface area contributed by atoms with Crippen LogP contribution < -0.4 is 10.6 Å². The first-order valence-electron chi connectivity index (χ1n) is 9.97. The molecule has 5 nitrogen and oxygen atoms in total. The summed E-state index contributed by atoms with van der Waals surface area (Å²) in [7, 11) is 3.54. The highest BCUT2D eigenvalue weighted by Gasteiger charge is 2.08. The first-order chi connectivity index (χ1) is 13.6. The summed E-state index contributed by atoms with van der Waals surface area (Å²) in [5, 5.41) is 6.67. The van der Waals surface area contributed by atoms with E-state index in [9.17, 15) is 4.79 Å². The van der Waals surface area contributed by atoms with Crippen molar-refractivity contribution in [1.82, 2.24) is 15.5 Å². The van der Waals surface area contributed by atoms with E-state index in [1.165, 1.54) is 5.56 Å². The summed E-state index contributed by atoms with van der Waals surface area (Å²) in [6.45, 7) is 4.45. The van der Waals surface area contributed by atoms with Crippen molar-refractivity contribution in [1.29, 1.82) is 0 Å². The van der Waals surface area contributed by atoms with Crippen LogP contribution in [0, 0.1) is 0 Å². The minimum atomic E-state index is 0.0307. The second-order valence-corrected chi connectivity index (χ2v) is 6.93. The van der Waals surface area contributed by atoms with Crippen LogP contribution in [-0.2, 0) is 12.8 Å². The van der Waals surface area contributed by atoms with Crippen LogP contribution in [0.2, 0.25) is 0 Å². The second kappa shape index (κ2) is 11.8. The van der Waals surface area contributed by atoms with Crippen LogP contribution in [0.5, 0.6) is 0 Å². The van der Waals surface area contributed by atoms with Crippen LogP contribution >= 0.6 is 0 Å². The quantitative estimate of drug-likeness (QED) is 0.399. The van der Waals surface area contributed by atoms with Crippen molar-refractivity contribution >= 4 is 11.9 Å². The average Bonchev–Trinajstić information content (AvgIpc) is 2.71. The van der Waals surface area contributed by atoms with Gasteiger partial charge in [-0.05, 0) is 49.4 Å². The first kappa shape index (κ1) is 21.5. The molecule has 2 aromatic rings. The van der Waals surface area contributed by atoms with Crippen molar-refractivity contribution in [2.75, 3.05) is 33.7 Å². The largest absolute Gasteiger partial charge is 0.357 e. The van der Waals surface area contributed by atoms with Crippen molar-refractivity contribution in [3.63, 3.8) is 0 Å². The Morgan fingerprint density at radius 2 is 1.71 bits per heavy atom. The van der Waals surface area contributed by atoms with Gasteiger partial charge in [0, 0.05) is 39.3 Å². The Kier molecular flexibility index (Phi) is 9.05. The highest BCUT2D eigenvalue weighted by atomic mass is 16.2. The van der Waals surface area contributed by atoms with Gasteiger partial charge in [-0.1, -0.05) is 42.5 Å². The van der Waals surface area contributed by atoms with E-state index >= 15 is 0 Å². The zero-order valence-corrected chi connectivity index (χ0v) is 17.2. The van der Waals surface area contributed by atoms with E-state index in [1.807, 2.05) is 24.3 Å². The maximum Gasteiger partial charge on any atom is 0.253 e. The van der Waals surface area contributed by atoms with Crippen LogP contribution in [-0.4, -0.2) is 50.5 Å². The molecule has 0 aliphatic carbocycles. The zero-order chi connectivity index (χ0) is 20.2. The van der Waals surface area contributed by atoms with E-state index in [4.69, 9.17) is 0 Å². The van der Waals surface area contributed by atoms with Gasteiger partial charge in [0.2, 0.25) is 0 Å².